The quantitative estimate of drug-likeness (QED) is 0.0456. The van der Waals surface area contributed by atoms with Crippen molar-refractivity contribution in [1.82, 2.24) is 0 Å². The highest BCUT2D eigenvalue weighted by molar-refractivity contribution is 6.35. The maximum absolute atomic E-state index is 11.6. The zero-order valence-corrected chi connectivity index (χ0v) is 29.3. The largest absolute Gasteiger partial charge is 0.458 e. The maximum atomic E-state index is 11.6. The van der Waals surface area contributed by atoms with Crippen molar-refractivity contribution in [2.24, 2.45) is 0 Å². The summed E-state index contributed by atoms with van der Waals surface area (Å²) in [6.45, 7) is 6.03. The van der Waals surface area contributed by atoms with Gasteiger partial charge in [0.1, 0.15) is 6.61 Å². The molecule has 2 heteroatoms. The molecule has 0 spiro atoms. The average molecular weight is 655 g/mol. The van der Waals surface area contributed by atoms with Gasteiger partial charge < -0.3 is 4.74 Å². The minimum Gasteiger partial charge on any atom is -0.458 e. The van der Waals surface area contributed by atoms with Gasteiger partial charge in [-0.3, -0.25) is 0 Å². The van der Waals surface area contributed by atoms with Gasteiger partial charge in [0.05, 0.1) is 0 Å². The Morgan fingerprint density at radius 2 is 1.30 bits per heavy atom. The third-order valence-corrected chi connectivity index (χ3v) is 11.3. The van der Waals surface area contributed by atoms with Crippen LogP contribution in [0, 0.1) is 0 Å². The van der Waals surface area contributed by atoms with Crippen molar-refractivity contribution in [3.05, 3.63) is 132 Å². The summed E-state index contributed by atoms with van der Waals surface area (Å²) in [5.41, 5.74) is 9.34. The van der Waals surface area contributed by atoms with E-state index in [1.54, 1.807) is 5.56 Å². The van der Waals surface area contributed by atoms with E-state index in [0.717, 1.165) is 17.5 Å². The molecule has 0 unspecified atom stereocenters. The van der Waals surface area contributed by atoms with Crippen LogP contribution in [0.5, 0.6) is 0 Å². The lowest BCUT2D eigenvalue weighted by molar-refractivity contribution is -0.138. The number of hydrogen-bond donors (Lipinski definition) is 0. The van der Waals surface area contributed by atoms with Gasteiger partial charge in [-0.1, -0.05) is 155 Å². The lowest BCUT2D eigenvalue weighted by atomic mass is 9.77. The Morgan fingerprint density at radius 1 is 0.680 bits per heavy atom. The van der Waals surface area contributed by atoms with Crippen molar-refractivity contribution in [3.8, 4) is 22.3 Å². The molecule has 0 radical (unpaired) electrons. The third kappa shape index (κ3) is 5.85. The highest BCUT2D eigenvalue weighted by atomic mass is 16.5. The Labute approximate surface area is 296 Å². The van der Waals surface area contributed by atoms with E-state index in [2.05, 4.69) is 104 Å². The predicted octanol–water partition coefficient (Wildman–Crippen LogP) is 13.5. The smallest absolute Gasteiger partial charge is 0.330 e. The highest BCUT2D eigenvalue weighted by Gasteiger charge is 2.24. The van der Waals surface area contributed by atoms with Crippen molar-refractivity contribution < 1.29 is 9.53 Å². The van der Waals surface area contributed by atoms with Gasteiger partial charge in [-0.2, -0.15) is 0 Å². The molecule has 0 aliphatic heterocycles. The van der Waals surface area contributed by atoms with Gasteiger partial charge in [0, 0.05) is 6.08 Å². The zero-order valence-electron chi connectivity index (χ0n) is 29.3. The van der Waals surface area contributed by atoms with Crippen molar-refractivity contribution >= 4 is 49.1 Å². The second-order valence-corrected chi connectivity index (χ2v) is 14.3. The first-order chi connectivity index (χ1) is 24.7. The second kappa shape index (κ2) is 14.1. The number of carbonyl (C=O) groups excluding carboxylic acids is 1. The topological polar surface area (TPSA) is 26.3 Å². The van der Waals surface area contributed by atoms with Crippen LogP contribution in [0.3, 0.4) is 0 Å². The SMILES string of the molecule is C=CC(=O)OCc1ccc(-c2ccc3c4ccc(-c5c(CCCCCC)cccc5C5CCCCC5)c5cccc(c6cccc2c63)c54)cc1. The molecule has 1 fully saturated rings. The summed E-state index contributed by atoms with van der Waals surface area (Å²) < 4.78 is 5.26. The monoisotopic (exact) mass is 654 g/mol. The van der Waals surface area contributed by atoms with Crippen LogP contribution in [0.1, 0.15) is 87.3 Å². The first-order valence-corrected chi connectivity index (χ1v) is 18.8. The highest BCUT2D eigenvalue weighted by Crippen LogP contribution is 2.47. The van der Waals surface area contributed by atoms with E-state index in [4.69, 9.17) is 4.74 Å². The normalized spacial score (nSPS) is 13.9. The third-order valence-electron chi connectivity index (χ3n) is 11.3. The predicted molar refractivity (Wildman–Crippen MR) is 212 cm³/mol. The summed E-state index contributed by atoms with van der Waals surface area (Å²) in [4.78, 5) is 11.6. The molecular formula is C48H46O2. The Hall–Kier alpha value is -4.95. The van der Waals surface area contributed by atoms with E-state index in [1.807, 2.05) is 12.1 Å². The van der Waals surface area contributed by atoms with Gasteiger partial charge in [-0.15, -0.1) is 0 Å². The number of esters is 1. The standard InChI is InChI=1S/C48H46O2/c1-3-5-6-8-16-35-17-11-18-37(33-14-9-7-10-15-33)46(35)42-29-30-44-43-28-27-36(34-25-23-32(24-26-34)31-50-45(49)4-2)38-19-12-20-39(47(38)43)40-21-13-22-41(42)48(40)44/h4,11-13,17-30,33H,2-3,5-10,14-16,31H2,1H3. The molecule has 7 aromatic rings. The minimum atomic E-state index is -0.406. The number of carbonyl (C=O) groups is 1. The fraction of sp³-hybridized carbons (Fsp3) is 0.271. The van der Waals surface area contributed by atoms with Crippen LogP contribution < -0.4 is 0 Å². The van der Waals surface area contributed by atoms with Gasteiger partial charge in [0.2, 0.25) is 0 Å². The molecule has 1 aliphatic carbocycles. The molecule has 8 rings (SSSR count). The Bertz CT molecular complexity index is 2300. The first-order valence-electron chi connectivity index (χ1n) is 18.8. The number of benzene rings is 7. The molecule has 0 aromatic heterocycles. The summed E-state index contributed by atoms with van der Waals surface area (Å²) in [6, 6.07) is 38.8. The summed E-state index contributed by atoms with van der Waals surface area (Å²) >= 11 is 0. The molecule has 0 amide bonds. The summed E-state index contributed by atoms with van der Waals surface area (Å²) in [5, 5.41) is 10.6. The summed E-state index contributed by atoms with van der Waals surface area (Å²) in [5.74, 6) is 0.237. The van der Waals surface area contributed by atoms with Crippen LogP contribution in [-0.2, 0) is 22.6 Å². The first kappa shape index (κ1) is 32.3. The van der Waals surface area contributed by atoms with E-state index in [9.17, 15) is 4.79 Å². The van der Waals surface area contributed by atoms with E-state index in [-0.39, 0.29) is 6.61 Å². The van der Waals surface area contributed by atoms with Crippen molar-refractivity contribution in [2.45, 2.75) is 83.7 Å². The lowest BCUT2D eigenvalue weighted by Gasteiger charge is -2.27. The van der Waals surface area contributed by atoms with Crippen LogP contribution in [0.4, 0.5) is 0 Å². The van der Waals surface area contributed by atoms with Crippen molar-refractivity contribution in [3.63, 3.8) is 0 Å². The molecule has 0 bridgehead atoms. The number of unbranched alkanes of at least 4 members (excludes halogenated alkanes) is 3. The Kier molecular flexibility index (Phi) is 9.11. The molecular weight excluding hydrogens is 609 g/mol. The number of aryl methyl sites for hydroxylation is 1. The van der Waals surface area contributed by atoms with Crippen LogP contribution in [0.15, 0.2) is 116 Å². The number of hydrogen-bond acceptors (Lipinski definition) is 2. The molecule has 0 N–H and O–H groups in total. The summed E-state index contributed by atoms with van der Waals surface area (Å²) in [7, 11) is 0. The molecule has 250 valence electrons. The van der Waals surface area contributed by atoms with Gasteiger partial charge in [0.15, 0.2) is 0 Å². The zero-order chi connectivity index (χ0) is 34.0. The Balaban J connectivity index is 1.29. The number of ether oxygens (including phenoxy) is 1. The lowest BCUT2D eigenvalue weighted by Crippen LogP contribution is -2.08. The molecule has 1 aliphatic rings. The molecule has 0 atom stereocenters. The van der Waals surface area contributed by atoms with Crippen LogP contribution in [-0.4, -0.2) is 5.97 Å². The van der Waals surface area contributed by atoms with Crippen molar-refractivity contribution in [1.29, 1.82) is 0 Å². The van der Waals surface area contributed by atoms with E-state index in [0.29, 0.717) is 5.92 Å². The maximum Gasteiger partial charge on any atom is 0.330 e. The number of fused-ring (bicyclic) bond motifs is 2. The molecule has 7 aromatic carbocycles. The molecule has 0 saturated heterocycles. The van der Waals surface area contributed by atoms with Gasteiger partial charge in [0.25, 0.3) is 0 Å². The molecule has 1 saturated carbocycles. The fourth-order valence-electron chi connectivity index (χ4n) is 8.83. The van der Waals surface area contributed by atoms with E-state index in [1.165, 1.54) is 129 Å². The van der Waals surface area contributed by atoms with Gasteiger partial charge in [-0.25, -0.2) is 4.79 Å². The van der Waals surface area contributed by atoms with E-state index >= 15 is 0 Å². The van der Waals surface area contributed by atoms with Gasteiger partial charge in [-0.05, 0) is 114 Å². The van der Waals surface area contributed by atoms with Crippen molar-refractivity contribution in [2.75, 3.05) is 0 Å². The summed E-state index contributed by atoms with van der Waals surface area (Å²) in [6.07, 6.45) is 14.1. The van der Waals surface area contributed by atoms with Gasteiger partial charge >= 0.3 is 5.97 Å². The van der Waals surface area contributed by atoms with Crippen LogP contribution in [0.2, 0.25) is 0 Å². The van der Waals surface area contributed by atoms with Crippen LogP contribution >= 0.6 is 0 Å². The minimum absolute atomic E-state index is 0.239. The molecule has 50 heavy (non-hydrogen) atoms. The molecule has 0 heterocycles. The number of rotatable bonds is 11. The average Bonchev–Trinajstić information content (AvgIpc) is 3.18. The Morgan fingerprint density at radius 3 is 1.98 bits per heavy atom. The van der Waals surface area contributed by atoms with E-state index < -0.39 is 5.97 Å². The van der Waals surface area contributed by atoms with Crippen LogP contribution in [0.25, 0.3) is 65.3 Å². The second-order valence-electron chi connectivity index (χ2n) is 14.3. The molecule has 2 nitrogen and oxygen atoms in total. The fourth-order valence-corrected chi connectivity index (χ4v) is 8.83.